The van der Waals surface area contributed by atoms with Gasteiger partial charge in [0.25, 0.3) is 5.89 Å². The summed E-state index contributed by atoms with van der Waals surface area (Å²) in [5.74, 6) is 1.35. The number of rotatable bonds is 3. The van der Waals surface area contributed by atoms with Crippen LogP contribution in [0.4, 0.5) is 0 Å². The Balaban J connectivity index is 1.82. The van der Waals surface area contributed by atoms with Crippen LogP contribution in [0.25, 0.3) is 11.6 Å². The third-order valence-corrected chi connectivity index (χ3v) is 2.73. The molecule has 7 nitrogen and oxygen atoms in total. The number of aromatic nitrogens is 4. The molecule has 18 heavy (non-hydrogen) atoms. The Labute approximate surface area is 103 Å². The zero-order valence-corrected chi connectivity index (χ0v) is 9.87. The fourth-order valence-electron chi connectivity index (χ4n) is 1.79. The van der Waals surface area contributed by atoms with Gasteiger partial charge in [-0.15, -0.1) is 10.2 Å². The standard InChI is InChI=1S/C11H12N4O3/c1-16-9-5-4-7(13-14-9)11-12-10(15-18-11)8-3-2-6-17-8/h4-5,8H,2-3,6H2,1H3. The van der Waals surface area contributed by atoms with Gasteiger partial charge in [0.15, 0.2) is 5.69 Å². The zero-order chi connectivity index (χ0) is 12.4. The minimum atomic E-state index is -0.0614. The van der Waals surface area contributed by atoms with Crippen molar-refractivity contribution >= 4 is 0 Å². The average Bonchev–Trinajstić information content (AvgIpc) is 3.09. The van der Waals surface area contributed by atoms with E-state index in [4.69, 9.17) is 14.0 Å². The lowest BCUT2D eigenvalue weighted by Gasteiger charge is -2.00. The second kappa shape index (κ2) is 4.69. The third-order valence-electron chi connectivity index (χ3n) is 2.73. The maximum absolute atomic E-state index is 5.48. The Bertz CT molecular complexity index is 519. The van der Waals surface area contributed by atoms with E-state index in [1.165, 1.54) is 7.11 Å². The number of methoxy groups -OCH3 is 1. The summed E-state index contributed by atoms with van der Waals surface area (Å²) < 4.78 is 15.6. The normalized spacial score (nSPS) is 19.1. The Morgan fingerprint density at radius 3 is 2.94 bits per heavy atom. The lowest BCUT2D eigenvalue weighted by Crippen LogP contribution is -1.98. The van der Waals surface area contributed by atoms with Crippen LogP contribution in [0, 0.1) is 0 Å². The molecule has 3 rings (SSSR count). The molecule has 1 aliphatic heterocycles. The smallest absolute Gasteiger partial charge is 0.278 e. The average molecular weight is 248 g/mol. The first kappa shape index (κ1) is 11.1. The predicted molar refractivity (Wildman–Crippen MR) is 59.8 cm³/mol. The van der Waals surface area contributed by atoms with Gasteiger partial charge in [0, 0.05) is 12.7 Å². The molecule has 0 N–H and O–H groups in total. The molecule has 1 unspecified atom stereocenters. The lowest BCUT2D eigenvalue weighted by atomic mass is 10.2. The molecular formula is C11H12N4O3. The van der Waals surface area contributed by atoms with E-state index in [-0.39, 0.29) is 6.10 Å². The van der Waals surface area contributed by atoms with Gasteiger partial charge in [-0.25, -0.2) is 0 Å². The van der Waals surface area contributed by atoms with E-state index in [1.54, 1.807) is 12.1 Å². The molecule has 1 aliphatic rings. The van der Waals surface area contributed by atoms with E-state index in [0.29, 0.717) is 23.3 Å². The molecule has 0 aliphatic carbocycles. The minimum Gasteiger partial charge on any atom is -0.480 e. The van der Waals surface area contributed by atoms with Gasteiger partial charge >= 0.3 is 0 Å². The second-order valence-electron chi connectivity index (χ2n) is 3.92. The van der Waals surface area contributed by atoms with Crippen molar-refractivity contribution in [2.24, 2.45) is 0 Å². The first-order valence-electron chi connectivity index (χ1n) is 5.70. The summed E-state index contributed by atoms with van der Waals surface area (Å²) in [5.41, 5.74) is 0.521. The van der Waals surface area contributed by atoms with E-state index < -0.39 is 0 Å². The van der Waals surface area contributed by atoms with Crippen molar-refractivity contribution in [1.82, 2.24) is 20.3 Å². The van der Waals surface area contributed by atoms with Gasteiger partial charge in [0.1, 0.15) is 6.10 Å². The highest BCUT2D eigenvalue weighted by atomic mass is 16.5. The summed E-state index contributed by atoms with van der Waals surface area (Å²) in [7, 11) is 1.53. The molecule has 2 aromatic rings. The number of hydrogen-bond donors (Lipinski definition) is 0. The Hall–Kier alpha value is -2.02. The summed E-state index contributed by atoms with van der Waals surface area (Å²) in [6.07, 6.45) is 1.89. The van der Waals surface area contributed by atoms with Crippen molar-refractivity contribution in [2.75, 3.05) is 13.7 Å². The highest BCUT2D eigenvalue weighted by molar-refractivity contribution is 5.45. The molecule has 0 saturated carbocycles. The van der Waals surface area contributed by atoms with Crippen LogP contribution >= 0.6 is 0 Å². The monoisotopic (exact) mass is 248 g/mol. The Kier molecular flexibility index (Phi) is 2.89. The molecule has 7 heteroatoms. The number of ether oxygens (including phenoxy) is 2. The fraction of sp³-hybridized carbons (Fsp3) is 0.455. The molecule has 0 aromatic carbocycles. The van der Waals surface area contributed by atoms with Gasteiger partial charge in [-0.05, 0) is 18.9 Å². The summed E-state index contributed by atoms with van der Waals surface area (Å²) in [6.45, 7) is 0.747. The van der Waals surface area contributed by atoms with Gasteiger partial charge in [0.05, 0.1) is 7.11 Å². The van der Waals surface area contributed by atoms with Crippen molar-refractivity contribution < 1.29 is 14.0 Å². The highest BCUT2D eigenvalue weighted by Crippen LogP contribution is 2.27. The van der Waals surface area contributed by atoms with Gasteiger partial charge in [0.2, 0.25) is 11.7 Å². The molecule has 0 spiro atoms. The van der Waals surface area contributed by atoms with Crippen molar-refractivity contribution in [3.63, 3.8) is 0 Å². The summed E-state index contributed by atoms with van der Waals surface area (Å²) in [5, 5.41) is 11.7. The van der Waals surface area contributed by atoms with E-state index in [1.807, 2.05) is 0 Å². The van der Waals surface area contributed by atoms with E-state index in [9.17, 15) is 0 Å². The van der Waals surface area contributed by atoms with Gasteiger partial charge in [-0.2, -0.15) is 4.98 Å². The molecule has 0 radical (unpaired) electrons. The molecule has 0 bridgehead atoms. The summed E-state index contributed by atoms with van der Waals surface area (Å²) >= 11 is 0. The van der Waals surface area contributed by atoms with Gasteiger partial charge in [-0.3, -0.25) is 0 Å². The molecular weight excluding hydrogens is 236 g/mol. The van der Waals surface area contributed by atoms with E-state index in [0.717, 1.165) is 19.4 Å². The van der Waals surface area contributed by atoms with Crippen LogP contribution in [0.1, 0.15) is 24.8 Å². The van der Waals surface area contributed by atoms with Gasteiger partial charge in [-0.1, -0.05) is 5.16 Å². The molecule has 0 amide bonds. The van der Waals surface area contributed by atoms with Crippen LogP contribution in [0.2, 0.25) is 0 Å². The highest BCUT2D eigenvalue weighted by Gasteiger charge is 2.23. The van der Waals surface area contributed by atoms with E-state index in [2.05, 4.69) is 20.3 Å². The number of hydrogen-bond acceptors (Lipinski definition) is 7. The maximum atomic E-state index is 5.48. The summed E-state index contributed by atoms with van der Waals surface area (Å²) in [4.78, 5) is 4.27. The Morgan fingerprint density at radius 1 is 1.33 bits per heavy atom. The van der Waals surface area contributed by atoms with Crippen molar-refractivity contribution in [3.05, 3.63) is 18.0 Å². The van der Waals surface area contributed by atoms with Crippen molar-refractivity contribution in [3.8, 4) is 17.5 Å². The topological polar surface area (TPSA) is 83.2 Å². The zero-order valence-electron chi connectivity index (χ0n) is 9.87. The first-order chi connectivity index (χ1) is 8.86. The predicted octanol–water partition coefficient (Wildman–Crippen LogP) is 1.39. The largest absolute Gasteiger partial charge is 0.480 e. The molecule has 1 saturated heterocycles. The quantitative estimate of drug-likeness (QED) is 0.811. The van der Waals surface area contributed by atoms with Crippen LogP contribution in [-0.4, -0.2) is 34.1 Å². The van der Waals surface area contributed by atoms with Crippen LogP contribution in [0.3, 0.4) is 0 Å². The fourth-order valence-corrected chi connectivity index (χ4v) is 1.79. The number of nitrogens with zero attached hydrogens (tertiary/aromatic N) is 4. The second-order valence-corrected chi connectivity index (χ2v) is 3.92. The Morgan fingerprint density at radius 2 is 2.28 bits per heavy atom. The van der Waals surface area contributed by atoms with Crippen molar-refractivity contribution in [2.45, 2.75) is 18.9 Å². The molecule has 1 fully saturated rings. The maximum Gasteiger partial charge on any atom is 0.278 e. The van der Waals surface area contributed by atoms with E-state index >= 15 is 0 Å². The minimum absolute atomic E-state index is 0.0614. The SMILES string of the molecule is COc1ccc(-c2nc(C3CCCO3)no2)nn1. The third kappa shape index (κ3) is 2.04. The van der Waals surface area contributed by atoms with Crippen LogP contribution in [0.5, 0.6) is 5.88 Å². The molecule has 3 heterocycles. The molecule has 94 valence electrons. The molecule has 1 atom stereocenters. The first-order valence-corrected chi connectivity index (χ1v) is 5.70. The van der Waals surface area contributed by atoms with Crippen molar-refractivity contribution in [1.29, 1.82) is 0 Å². The lowest BCUT2D eigenvalue weighted by molar-refractivity contribution is 0.103. The van der Waals surface area contributed by atoms with Gasteiger partial charge < -0.3 is 14.0 Å². The summed E-state index contributed by atoms with van der Waals surface area (Å²) in [6, 6.07) is 3.41. The molecule has 2 aromatic heterocycles. The van der Waals surface area contributed by atoms with Crippen LogP contribution in [-0.2, 0) is 4.74 Å². The van der Waals surface area contributed by atoms with Crippen LogP contribution < -0.4 is 4.74 Å². The van der Waals surface area contributed by atoms with Crippen LogP contribution in [0.15, 0.2) is 16.7 Å².